The minimum absolute atomic E-state index is 0.0110. The first-order valence-corrected chi connectivity index (χ1v) is 4.45. The second kappa shape index (κ2) is 3.56. The predicted molar refractivity (Wildman–Crippen MR) is 50.0 cm³/mol. The van der Waals surface area contributed by atoms with E-state index < -0.39 is 5.60 Å². The standard InChI is InChI=1S/C10H20O2/c1-6-9(2,3)7-8(11)10(4,5)12/h12H,6-7H2,1-5H3. The molecule has 0 bridgehead atoms. The van der Waals surface area contributed by atoms with E-state index in [0.717, 1.165) is 6.42 Å². The summed E-state index contributed by atoms with van der Waals surface area (Å²) in [5, 5.41) is 9.40. The van der Waals surface area contributed by atoms with Crippen LogP contribution in [0.1, 0.15) is 47.5 Å². The van der Waals surface area contributed by atoms with Crippen LogP contribution in [0.15, 0.2) is 0 Å². The van der Waals surface area contributed by atoms with Gasteiger partial charge in [0.1, 0.15) is 5.60 Å². The van der Waals surface area contributed by atoms with Gasteiger partial charge in [-0.3, -0.25) is 4.79 Å². The maximum Gasteiger partial charge on any atom is 0.164 e. The molecular weight excluding hydrogens is 152 g/mol. The molecule has 0 amide bonds. The van der Waals surface area contributed by atoms with Gasteiger partial charge in [0.05, 0.1) is 0 Å². The lowest BCUT2D eigenvalue weighted by Gasteiger charge is -2.25. The van der Waals surface area contributed by atoms with E-state index in [2.05, 4.69) is 6.92 Å². The highest BCUT2D eigenvalue weighted by Crippen LogP contribution is 2.26. The maximum atomic E-state index is 11.4. The Balaban J connectivity index is 4.20. The summed E-state index contributed by atoms with van der Waals surface area (Å²) in [6.45, 7) is 9.22. The average Bonchev–Trinajstić information content (AvgIpc) is 1.85. The van der Waals surface area contributed by atoms with Gasteiger partial charge >= 0.3 is 0 Å². The molecule has 0 aliphatic carbocycles. The maximum absolute atomic E-state index is 11.4. The fraction of sp³-hybridized carbons (Fsp3) is 0.900. The molecule has 0 aromatic rings. The Hall–Kier alpha value is -0.370. The molecule has 0 rings (SSSR count). The van der Waals surface area contributed by atoms with Crippen molar-refractivity contribution in [3.63, 3.8) is 0 Å². The largest absolute Gasteiger partial charge is 0.383 e. The number of carbonyl (C=O) groups is 1. The first kappa shape index (κ1) is 11.6. The summed E-state index contributed by atoms with van der Waals surface area (Å²) in [5.74, 6) is -0.0747. The summed E-state index contributed by atoms with van der Waals surface area (Å²) in [7, 11) is 0. The zero-order valence-electron chi connectivity index (χ0n) is 8.77. The monoisotopic (exact) mass is 172 g/mol. The summed E-state index contributed by atoms with van der Waals surface area (Å²) in [6, 6.07) is 0. The number of hydrogen-bond donors (Lipinski definition) is 1. The summed E-state index contributed by atoms with van der Waals surface area (Å²) in [4.78, 5) is 11.4. The van der Waals surface area contributed by atoms with Crippen LogP contribution in [0.4, 0.5) is 0 Å². The Morgan fingerprint density at radius 3 is 1.92 bits per heavy atom. The van der Waals surface area contributed by atoms with Crippen LogP contribution in [-0.2, 0) is 4.79 Å². The van der Waals surface area contributed by atoms with Crippen molar-refractivity contribution >= 4 is 5.78 Å². The van der Waals surface area contributed by atoms with Crippen molar-refractivity contribution in [1.29, 1.82) is 0 Å². The predicted octanol–water partition coefficient (Wildman–Crippen LogP) is 2.15. The van der Waals surface area contributed by atoms with Crippen LogP contribution >= 0.6 is 0 Å². The number of aliphatic hydroxyl groups is 1. The summed E-state index contributed by atoms with van der Waals surface area (Å²) in [5.41, 5.74) is -1.16. The fourth-order valence-electron chi connectivity index (χ4n) is 0.776. The van der Waals surface area contributed by atoms with Crippen LogP contribution in [0.3, 0.4) is 0 Å². The molecular formula is C10H20O2. The van der Waals surface area contributed by atoms with Crippen LogP contribution in [0.2, 0.25) is 0 Å². The normalized spacial score (nSPS) is 13.2. The molecule has 0 aliphatic heterocycles. The van der Waals surface area contributed by atoms with Gasteiger partial charge in [0, 0.05) is 6.42 Å². The van der Waals surface area contributed by atoms with E-state index >= 15 is 0 Å². The van der Waals surface area contributed by atoms with Gasteiger partial charge in [-0.15, -0.1) is 0 Å². The smallest absolute Gasteiger partial charge is 0.164 e. The molecule has 0 radical (unpaired) electrons. The minimum atomic E-state index is -1.17. The Kier molecular flexibility index (Phi) is 3.45. The molecule has 0 saturated carbocycles. The molecule has 0 saturated heterocycles. The molecule has 0 spiro atoms. The molecule has 0 heterocycles. The molecule has 0 aliphatic rings. The van der Waals surface area contributed by atoms with Crippen molar-refractivity contribution in [2.24, 2.45) is 5.41 Å². The van der Waals surface area contributed by atoms with E-state index in [1.54, 1.807) is 13.8 Å². The lowest BCUT2D eigenvalue weighted by Crippen LogP contribution is -2.34. The Morgan fingerprint density at radius 2 is 1.67 bits per heavy atom. The van der Waals surface area contributed by atoms with Gasteiger partial charge in [-0.2, -0.15) is 0 Å². The molecule has 2 nitrogen and oxygen atoms in total. The van der Waals surface area contributed by atoms with Crippen LogP contribution in [0.25, 0.3) is 0 Å². The summed E-state index contributed by atoms with van der Waals surface area (Å²) < 4.78 is 0. The van der Waals surface area contributed by atoms with Crippen molar-refractivity contribution in [2.45, 2.75) is 53.1 Å². The zero-order chi connectivity index (χ0) is 9.99. The van der Waals surface area contributed by atoms with E-state index in [9.17, 15) is 9.90 Å². The van der Waals surface area contributed by atoms with E-state index in [0.29, 0.717) is 6.42 Å². The second-order valence-corrected chi connectivity index (χ2v) is 4.68. The van der Waals surface area contributed by atoms with Crippen LogP contribution in [0, 0.1) is 5.41 Å². The van der Waals surface area contributed by atoms with Gasteiger partial charge in [0.2, 0.25) is 0 Å². The summed E-state index contributed by atoms with van der Waals surface area (Å²) >= 11 is 0. The van der Waals surface area contributed by atoms with E-state index in [4.69, 9.17) is 0 Å². The molecule has 1 N–H and O–H groups in total. The van der Waals surface area contributed by atoms with Crippen molar-refractivity contribution in [1.82, 2.24) is 0 Å². The Labute approximate surface area is 75.0 Å². The number of carbonyl (C=O) groups excluding carboxylic acids is 1. The van der Waals surface area contributed by atoms with Crippen LogP contribution in [0.5, 0.6) is 0 Å². The highest BCUT2D eigenvalue weighted by molar-refractivity contribution is 5.86. The molecule has 72 valence electrons. The molecule has 0 aromatic carbocycles. The van der Waals surface area contributed by atoms with E-state index in [1.807, 2.05) is 13.8 Å². The third kappa shape index (κ3) is 3.86. The van der Waals surface area contributed by atoms with Gasteiger partial charge in [-0.05, 0) is 19.3 Å². The number of Topliss-reactive ketones (excluding diaryl/α,β-unsaturated/α-hetero) is 1. The SMILES string of the molecule is CCC(C)(C)CC(=O)C(C)(C)O. The van der Waals surface area contributed by atoms with Gasteiger partial charge in [0.25, 0.3) is 0 Å². The first-order chi connectivity index (χ1) is 5.19. The first-order valence-electron chi connectivity index (χ1n) is 4.45. The molecule has 0 unspecified atom stereocenters. The van der Waals surface area contributed by atoms with Gasteiger partial charge in [0.15, 0.2) is 5.78 Å². The number of ketones is 1. The van der Waals surface area contributed by atoms with Crippen molar-refractivity contribution < 1.29 is 9.90 Å². The van der Waals surface area contributed by atoms with Crippen molar-refractivity contribution in [3.05, 3.63) is 0 Å². The molecule has 0 aromatic heterocycles. The van der Waals surface area contributed by atoms with Gasteiger partial charge in [-0.25, -0.2) is 0 Å². The zero-order valence-corrected chi connectivity index (χ0v) is 8.77. The molecule has 0 fully saturated rings. The van der Waals surface area contributed by atoms with Crippen LogP contribution < -0.4 is 0 Å². The quantitative estimate of drug-likeness (QED) is 0.705. The fourth-order valence-corrected chi connectivity index (χ4v) is 0.776. The van der Waals surface area contributed by atoms with E-state index in [-0.39, 0.29) is 11.2 Å². The molecule has 2 heteroatoms. The minimum Gasteiger partial charge on any atom is -0.383 e. The second-order valence-electron chi connectivity index (χ2n) is 4.68. The third-order valence-corrected chi connectivity index (χ3v) is 2.28. The third-order valence-electron chi connectivity index (χ3n) is 2.28. The Morgan fingerprint density at radius 1 is 1.25 bits per heavy atom. The molecule has 0 atom stereocenters. The lowest BCUT2D eigenvalue weighted by atomic mass is 9.81. The lowest BCUT2D eigenvalue weighted by molar-refractivity contribution is -0.136. The Bertz CT molecular complexity index is 163. The van der Waals surface area contributed by atoms with Crippen LogP contribution in [-0.4, -0.2) is 16.5 Å². The van der Waals surface area contributed by atoms with Crippen molar-refractivity contribution in [3.8, 4) is 0 Å². The summed E-state index contributed by atoms with van der Waals surface area (Å²) in [6.07, 6.45) is 1.40. The number of hydrogen-bond acceptors (Lipinski definition) is 2. The van der Waals surface area contributed by atoms with Crippen molar-refractivity contribution in [2.75, 3.05) is 0 Å². The average molecular weight is 172 g/mol. The molecule has 12 heavy (non-hydrogen) atoms. The highest BCUT2D eigenvalue weighted by Gasteiger charge is 2.29. The number of rotatable bonds is 4. The van der Waals surface area contributed by atoms with Gasteiger partial charge < -0.3 is 5.11 Å². The highest BCUT2D eigenvalue weighted by atomic mass is 16.3. The topological polar surface area (TPSA) is 37.3 Å². The van der Waals surface area contributed by atoms with Gasteiger partial charge in [-0.1, -0.05) is 27.2 Å². The van der Waals surface area contributed by atoms with E-state index in [1.165, 1.54) is 0 Å².